The van der Waals surface area contributed by atoms with Gasteiger partial charge in [0.15, 0.2) is 12.6 Å². The van der Waals surface area contributed by atoms with E-state index in [0.717, 1.165) is 116 Å². The lowest BCUT2D eigenvalue weighted by Gasteiger charge is -2.22. The van der Waals surface area contributed by atoms with Crippen molar-refractivity contribution < 1.29 is 43.1 Å². The van der Waals surface area contributed by atoms with E-state index in [2.05, 4.69) is 117 Å². The Morgan fingerprint density at radius 2 is 0.718 bits per heavy atom. The fourth-order valence-electron chi connectivity index (χ4n) is 6.66. The van der Waals surface area contributed by atoms with Crippen molar-refractivity contribution in [2.45, 2.75) is 201 Å². The second-order valence-electron chi connectivity index (χ2n) is 17.1. The average Bonchev–Trinajstić information content (AvgIpc) is 3.38. The van der Waals surface area contributed by atoms with Gasteiger partial charge in [0, 0.05) is 59.7 Å². The SMILES string of the molecule is C/C=C/C/C=C/CCOC(CCC=O)OCC/C=C/C/C=C/CC.CC/C=C/C/C=C/CCOC(CCC=O)OCC/C=C/C/C=C/CC.COCCCCCCN(CCCCO)CCCCCCOC. The third-order valence-electron chi connectivity index (χ3n) is 10.6. The summed E-state index contributed by atoms with van der Waals surface area (Å²) in [7, 11) is 3.55. The zero-order valence-electron chi connectivity index (χ0n) is 46.5. The molecule has 0 amide bonds. The zero-order chi connectivity index (χ0) is 52.5. The van der Waals surface area contributed by atoms with Gasteiger partial charge in [-0.15, -0.1) is 0 Å². The molecular weight excluding hydrogens is 891 g/mol. The van der Waals surface area contributed by atoms with Crippen LogP contribution in [0.4, 0.5) is 0 Å². The molecule has 1 atom stereocenters. The van der Waals surface area contributed by atoms with Crippen LogP contribution in [0.2, 0.25) is 0 Å². The molecule has 0 spiro atoms. The van der Waals surface area contributed by atoms with E-state index >= 15 is 0 Å². The highest BCUT2D eigenvalue weighted by Crippen LogP contribution is 2.10. The van der Waals surface area contributed by atoms with E-state index in [4.69, 9.17) is 33.5 Å². The van der Waals surface area contributed by atoms with Crippen molar-refractivity contribution in [2.75, 3.05) is 80.1 Å². The summed E-state index contributed by atoms with van der Waals surface area (Å²) in [5, 5.41) is 8.93. The molecule has 0 heterocycles. The predicted molar refractivity (Wildman–Crippen MR) is 302 cm³/mol. The predicted octanol–water partition coefficient (Wildman–Crippen LogP) is 14.9. The molecule has 0 aliphatic heterocycles. The van der Waals surface area contributed by atoms with Crippen LogP contribution in [0, 0.1) is 0 Å². The molecule has 0 rings (SSSR count). The number of hydrogen-bond donors (Lipinski definition) is 1. The first-order valence-electron chi connectivity index (χ1n) is 27.8. The molecule has 0 saturated carbocycles. The maximum absolute atomic E-state index is 10.6. The van der Waals surface area contributed by atoms with E-state index in [-0.39, 0.29) is 12.6 Å². The van der Waals surface area contributed by atoms with E-state index in [0.29, 0.717) is 58.7 Å². The van der Waals surface area contributed by atoms with Gasteiger partial charge in [-0.3, -0.25) is 0 Å². The van der Waals surface area contributed by atoms with Gasteiger partial charge >= 0.3 is 0 Å². The van der Waals surface area contributed by atoms with Crippen LogP contribution in [0.25, 0.3) is 0 Å². The molecule has 0 aromatic rings. The summed E-state index contributed by atoms with van der Waals surface area (Å²) < 4.78 is 33.1. The highest BCUT2D eigenvalue weighted by molar-refractivity contribution is 5.49. The monoisotopic (exact) mass is 1000 g/mol. The summed E-state index contributed by atoms with van der Waals surface area (Å²) in [6.07, 6.45) is 60.3. The number of methoxy groups -OCH3 is 2. The maximum Gasteiger partial charge on any atom is 0.158 e. The van der Waals surface area contributed by atoms with Crippen molar-refractivity contribution in [3.63, 3.8) is 0 Å². The molecule has 10 heteroatoms. The number of allylic oxidation sites excluding steroid dienone is 12. The van der Waals surface area contributed by atoms with Crippen LogP contribution in [-0.4, -0.2) is 115 Å². The summed E-state index contributed by atoms with van der Waals surface area (Å²) in [5.41, 5.74) is 0. The first-order valence-corrected chi connectivity index (χ1v) is 27.8. The average molecular weight is 1000 g/mol. The quantitative estimate of drug-likeness (QED) is 0.0274. The third-order valence-corrected chi connectivity index (χ3v) is 10.6. The number of ether oxygens (including phenoxy) is 6. The lowest BCUT2D eigenvalue weighted by Crippen LogP contribution is -2.27. The largest absolute Gasteiger partial charge is 0.396 e. The normalized spacial score (nSPS) is 12.6. The maximum atomic E-state index is 10.6. The summed E-state index contributed by atoms with van der Waals surface area (Å²) >= 11 is 0. The first kappa shape index (κ1) is 72.2. The van der Waals surface area contributed by atoms with Crippen molar-refractivity contribution in [2.24, 2.45) is 0 Å². The number of aldehydes is 2. The summed E-state index contributed by atoms with van der Waals surface area (Å²) in [4.78, 5) is 23.7. The molecule has 0 aliphatic rings. The smallest absolute Gasteiger partial charge is 0.158 e. The Bertz CT molecular complexity index is 1230. The van der Waals surface area contributed by atoms with Crippen LogP contribution in [0.1, 0.15) is 188 Å². The fraction of sp³-hybridized carbons (Fsp3) is 0.705. The van der Waals surface area contributed by atoms with Crippen LogP contribution in [0.3, 0.4) is 0 Å². The number of hydrogen-bond acceptors (Lipinski definition) is 10. The molecule has 0 aromatic heterocycles. The second kappa shape index (κ2) is 69.0. The van der Waals surface area contributed by atoms with E-state index in [1.165, 1.54) is 64.5 Å². The van der Waals surface area contributed by atoms with Gasteiger partial charge in [0.2, 0.25) is 0 Å². The molecule has 1 N–H and O–H groups in total. The number of aliphatic hydroxyl groups is 1. The van der Waals surface area contributed by atoms with Crippen LogP contribution in [0.15, 0.2) is 97.2 Å². The van der Waals surface area contributed by atoms with Crippen LogP contribution < -0.4 is 0 Å². The molecule has 0 saturated heterocycles. The van der Waals surface area contributed by atoms with Crippen molar-refractivity contribution in [3.8, 4) is 0 Å². The van der Waals surface area contributed by atoms with E-state index < -0.39 is 0 Å². The minimum absolute atomic E-state index is 0.285. The lowest BCUT2D eigenvalue weighted by atomic mass is 10.1. The highest BCUT2D eigenvalue weighted by atomic mass is 16.7. The number of carbonyl (C=O) groups is 2. The Balaban J connectivity index is -0.000000979. The van der Waals surface area contributed by atoms with Gasteiger partial charge in [-0.2, -0.15) is 0 Å². The zero-order valence-corrected chi connectivity index (χ0v) is 46.5. The molecule has 10 nitrogen and oxygen atoms in total. The van der Waals surface area contributed by atoms with E-state index in [1.807, 2.05) is 13.0 Å². The molecule has 0 fully saturated rings. The van der Waals surface area contributed by atoms with Crippen LogP contribution in [-0.2, 0) is 38.0 Å². The van der Waals surface area contributed by atoms with Crippen molar-refractivity contribution in [1.29, 1.82) is 0 Å². The molecular formula is C61H109NO9. The fourth-order valence-corrected chi connectivity index (χ4v) is 6.66. The van der Waals surface area contributed by atoms with Gasteiger partial charge < -0.3 is 48.0 Å². The van der Waals surface area contributed by atoms with E-state index in [1.54, 1.807) is 14.2 Å². The summed E-state index contributed by atoms with van der Waals surface area (Å²) in [5.74, 6) is 0. The van der Waals surface area contributed by atoms with Gasteiger partial charge in [0.05, 0.1) is 26.4 Å². The van der Waals surface area contributed by atoms with Gasteiger partial charge in [0.1, 0.15) is 12.6 Å². The Labute approximate surface area is 437 Å². The third kappa shape index (κ3) is 66.9. The van der Waals surface area contributed by atoms with Gasteiger partial charge in [-0.25, -0.2) is 0 Å². The van der Waals surface area contributed by atoms with Gasteiger partial charge in [-0.1, -0.05) is 144 Å². The van der Waals surface area contributed by atoms with Crippen molar-refractivity contribution in [1.82, 2.24) is 4.90 Å². The summed E-state index contributed by atoms with van der Waals surface area (Å²) in [6.45, 7) is 16.5. The molecule has 0 radical (unpaired) electrons. The second-order valence-corrected chi connectivity index (χ2v) is 17.1. The Hall–Kier alpha value is -3.06. The lowest BCUT2D eigenvalue weighted by molar-refractivity contribution is -0.146. The summed E-state index contributed by atoms with van der Waals surface area (Å²) in [6, 6.07) is 0. The molecule has 0 aromatic carbocycles. The molecule has 412 valence electrons. The highest BCUT2D eigenvalue weighted by Gasteiger charge is 2.09. The number of nitrogens with zero attached hydrogens (tertiary/aromatic N) is 1. The number of rotatable bonds is 51. The van der Waals surface area contributed by atoms with Crippen molar-refractivity contribution >= 4 is 12.6 Å². The van der Waals surface area contributed by atoms with E-state index in [9.17, 15) is 9.59 Å². The van der Waals surface area contributed by atoms with Gasteiger partial charge in [-0.05, 0) is 136 Å². The van der Waals surface area contributed by atoms with Crippen molar-refractivity contribution in [3.05, 3.63) is 97.2 Å². The number of aliphatic hydroxyl groups excluding tert-OH is 1. The Morgan fingerprint density at radius 3 is 1.03 bits per heavy atom. The van der Waals surface area contributed by atoms with Crippen LogP contribution in [0.5, 0.6) is 0 Å². The molecule has 0 bridgehead atoms. The molecule has 1 unspecified atom stereocenters. The molecule has 0 aliphatic carbocycles. The topological polar surface area (TPSA) is 113 Å². The molecule has 71 heavy (non-hydrogen) atoms. The standard InChI is InChI=1S/C22H36O3.C21H34O3.C18H39NO3/c1-3-5-7-9-11-13-15-20-24-22(18-17-19-23)25-21-16-14-12-10-8-6-4-2;1-3-5-7-9-11-13-15-20-24-21(17-16-18-22)23-19-14-12-10-8-6-4-2;1-21-17-11-5-3-7-13-19(15-9-10-16-20)14-8-4-6-12-18-22-2/h5-8,11-14,19,22H,3-4,9-10,15-18,20-21H2,1-2H3;4-7,10-13,18,21H,3,8-9,14-17,19-20H2,1-2H3;20H,3-18H2,1-2H3/b7-5+,8-6+,13-11+,14-12+;6-4+,7-5+,12-10+,13-11+;. The number of unbranched alkanes of at least 4 members (excludes halogenated alkanes) is 7. The first-order chi connectivity index (χ1) is 35.0. The Kier molecular flexibility index (Phi) is 70.2. The van der Waals surface area contributed by atoms with Gasteiger partial charge in [0.25, 0.3) is 0 Å². The minimum Gasteiger partial charge on any atom is -0.396 e. The minimum atomic E-state index is -0.285. The number of carbonyl (C=O) groups excluding carboxylic acids is 2. The Morgan fingerprint density at radius 1 is 0.394 bits per heavy atom. The van der Waals surface area contributed by atoms with Crippen LogP contribution >= 0.6 is 0 Å².